The summed E-state index contributed by atoms with van der Waals surface area (Å²) in [6.45, 7) is 8.06. The molecule has 0 bridgehead atoms. The Morgan fingerprint density at radius 2 is 2.15 bits per heavy atom. The second-order valence-corrected chi connectivity index (χ2v) is 8.30. The summed E-state index contributed by atoms with van der Waals surface area (Å²) in [5.41, 5.74) is 1.16. The van der Waals surface area contributed by atoms with Crippen molar-refractivity contribution >= 4 is 17.5 Å². The molecule has 0 radical (unpaired) electrons. The number of nitrogens with one attached hydrogen (secondary N) is 1. The average Bonchev–Trinajstić information content (AvgIpc) is 3.28. The third kappa shape index (κ3) is 4.21. The SMILES string of the molecule is C=CCN1CCC[C@H]1C(=O)N[C@@H]1C[C@H]2CO[C@@H](c3ccc(Cl)cc3)CN2C1. The van der Waals surface area contributed by atoms with E-state index in [9.17, 15) is 4.79 Å². The minimum Gasteiger partial charge on any atom is -0.371 e. The molecule has 4 atom stereocenters. The Morgan fingerprint density at radius 3 is 2.93 bits per heavy atom. The van der Waals surface area contributed by atoms with Crippen molar-refractivity contribution in [1.82, 2.24) is 15.1 Å². The molecule has 0 aliphatic carbocycles. The van der Waals surface area contributed by atoms with Crippen LogP contribution < -0.4 is 5.32 Å². The van der Waals surface area contributed by atoms with Crippen LogP contribution in [0.5, 0.6) is 0 Å². The Kier molecular flexibility index (Phi) is 5.83. The van der Waals surface area contributed by atoms with Crippen LogP contribution in [0.3, 0.4) is 0 Å². The number of halogens is 1. The number of hydrogen-bond acceptors (Lipinski definition) is 4. The zero-order valence-electron chi connectivity index (χ0n) is 15.6. The van der Waals surface area contributed by atoms with E-state index < -0.39 is 0 Å². The van der Waals surface area contributed by atoms with E-state index in [0.29, 0.717) is 12.6 Å². The molecule has 3 heterocycles. The van der Waals surface area contributed by atoms with Crippen LogP contribution in [-0.4, -0.2) is 66.6 Å². The minimum atomic E-state index is -0.00121. The molecule has 6 heteroatoms. The molecule has 0 unspecified atom stereocenters. The molecule has 3 aliphatic rings. The molecule has 0 aromatic heterocycles. The van der Waals surface area contributed by atoms with Crippen LogP contribution in [0.25, 0.3) is 0 Å². The van der Waals surface area contributed by atoms with Crippen molar-refractivity contribution in [2.75, 3.05) is 32.8 Å². The van der Waals surface area contributed by atoms with E-state index in [0.717, 1.165) is 56.0 Å². The molecule has 3 aliphatic heterocycles. The highest BCUT2D eigenvalue weighted by Gasteiger charge is 2.39. The fourth-order valence-electron chi connectivity index (χ4n) is 4.66. The van der Waals surface area contributed by atoms with Gasteiger partial charge in [0.05, 0.1) is 18.8 Å². The van der Waals surface area contributed by atoms with Gasteiger partial charge in [-0.1, -0.05) is 29.8 Å². The predicted octanol–water partition coefficient (Wildman–Crippen LogP) is 2.62. The van der Waals surface area contributed by atoms with Crippen LogP contribution in [0.15, 0.2) is 36.9 Å². The van der Waals surface area contributed by atoms with Gasteiger partial charge in [0, 0.05) is 36.7 Å². The standard InChI is InChI=1S/C21H28ClN3O2/c1-2-9-24-10-3-4-19(24)21(26)23-17-11-18-14-27-20(13-25(18)12-17)15-5-7-16(22)8-6-15/h2,5-8,17-20H,1,3-4,9-14H2,(H,23,26)/t17-,18+,19+,20-/m1/s1. The van der Waals surface area contributed by atoms with Crippen molar-refractivity contribution in [3.05, 3.63) is 47.5 Å². The largest absolute Gasteiger partial charge is 0.371 e. The average molecular weight is 390 g/mol. The third-order valence-corrected chi connectivity index (χ3v) is 6.29. The number of amides is 1. The molecule has 5 nitrogen and oxygen atoms in total. The summed E-state index contributed by atoms with van der Waals surface area (Å²) < 4.78 is 6.10. The maximum atomic E-state index is 12.8. The van der Waals surface area contributed by atoms with Gasteiger partial charge in [-0.05, 0) is 43.5 Å². The summed E-state index contributed by atoms with van der Waals surface area (Å²) >= 11 is 5.99. The van der Waals surface area contributed by atoms with Gasteiger partial charge in [0.1, 0.15) is 0 Å². The van der Waals surface area contributed by atoms with E-state index in [1.165, 1.54) is 0 Å². The number of carbonyl (C=O) groups excluding carboxylic acids is 1. The summed E-state index contributed by atoms with van der Waals surface area (Å²) in [6.07, 6.45) is 4.96. The third-order valence-electron chi connectivity index (χ3n) is 6.04. The maximum Gasteiger partial charge on any atom is 0.237 e. The van der Waals surface area contributed by atoms with Crippen LogP contribution in [0, 0.1) is 0 Å². The molecule has 27 heavy (non-hydrogen) atoms. The lowest BCUT2D eigenvalue weighted by Crippen LogP contribution is -2.48. The number of carbonyl (C=O) groups is 1. The fourth-order valence-corrected chi connectivity index (χ4v) is 4.79. The molecule has 146 valence electrons. The number of nitrogens with zero attached hydrogens (tertiary/aromatic N) is 2. The van der Waals surface area contributed by atoms with Gasteiger partial charge in [0.15, 0.2) is 0 Å². The first-order chi connectivity index (χ1) is 13.1. The lowest BCUT2D eigenvalue weighted by atomic mass is 10.1. The van der Waals surface area contributed by atoms with E-state index in [1.54, 1.807) is 0 Å². The van der Waals surface area contributed by atoms with E-state index in [1.807, 2.05) is 30.3 Å². The van der Waals surface area contributed by atoms with Crippen LogP contribution >= 0.6 is 11.6 Å². The zero-order valence-corrected chi connectivity index (χ0v) is 16.4. The molecule has 0 saturated carbocycles. The van der Waals surface area contributed by atoms with Crippen LogP contribution in [-0.2, 0) is 9.53 Å². The summed E-state index contributed by atoms with van der Waals surface area (Å²) in [5.74, 6) is 0.175. The number of rotatable bonds is 5. The highest BCUT2D eigenvalue weighted by Crippen LogP contribution is 2.31. The first-order valence-corrected chi connectivity index (χ1v) is 10.3. The van der Waals surface area contributed by atoms with Gasteiger partial charge < -0.3 is 10.1 Å². The molecule has 3 saturated heterocycles. The van der Waals surface area contributed by atoms with Gasteiger partial charge in [0.25, 0.3) is 0 Å². The van der Waals surface area contributed by atoms with Crippen molar-refractivity contribution in [3.8, 4) is 0 Å². The van der Waals surface area contributed by atoms with Crippen LogP contribution in [0.4, 0.5) is 0 Å². The van der Waals surface area contributed by atoms with Gasteiger partial charge in [-0.25, -0.2) is 0 Å². The number of benzene rings is 1. The number of fused-ring (bicyclic) bond motifs is 1. The minimum absolute atomic E-state index is 0.00121. The van der Waals surface area contributed by atoms with Gasteiger partial charge in [0.2, 0.25) is 5.91 Å². The summed E-state index contributed by atoms with van der Waals surface area (Å²) in [6, 6.07) is 8.51. The van der Waals surface area contributed by atoms with Gasteiger partial charge >= 0.3 is 0 Å². The normalized spacial score (nSPS) is 31.6. The monoisotopic (exact) mass is 389 g/mol. The van der Waals surface area contributed by atoms with Crippen molar-refractivity contribution in [2.24, 2.45) is 0 Å². The number of ether oxygens (including phenoxy) is 1. The quantitative estimate of drug-likeness (QED) is 0.786. The summed E-state index contributed by atoms with van der Waals surface area (Å²) in [5, 5.41) is 4.04. The Hall–Kier alpha value is -1.40. The summed E-state index contributed by atoms with van der Waals surface area (Å²) in [4.78, 5) is 17.4. The first kappa shape index (κ1) is 18.9. The van der Waals surface area contributed by atoms with E-state index in [-0.39, 0.29) is 24.1 Å². The van der Waals surface area contributed by atoms with E-state index >= 15 is 0 Å². The zero-order chi connectivity index (χ0) is 18.8. The molecule has 1 N–H and O–H groups in total. The van der Waals surface area contributed by atoms with Gasteiger partial charge in [-0.3, -0.25) is 14.6 Å². The highest BCUT2D eigenvalue weighted by molar-refractivity contribution is 6.30. The molecule has 1 aromatic carbocycles. The van der Waals surface area contributed by atoms with Crippen molar-refractivity contribution in [3.63, 3.8) is 0 Å². The maximum absolute atomic E-state index is 12.8. The highest BCUT2D eigenvalue weighted by atomic mass is 35.5. The lowest BCUT2D eigenvalue weighted by molar-refractivity contribution is -0.125. The number of morpholine rings is 1. The molecular weight excluding hydrogens is 362 g/mol. The topological polar surface area (TPSA) is 44.8 Å². The Balaban J connectivity index is 1.32. The van der Waals surface area contributed by atoms with E-state index in [4.69, 9.17) is 16.3 Å². The fraction of sp³-hybridized carbons (Fsp3) is 0.571. The van der Waals surface area contributed by atoms with Crippen molar-refractivity contribution in [2.45, 2.75) is 43.5 Å². The summed E-state index contributed by atoms with van der Waals surface area (Å²) in [7, 11) is 0. The number of likely N-dealkylation sites (tertiary alicyclic amines) is 1. The molecule has 0 spiro atoms. The molecule has 1 amide bonds. The van der Waals surface area contributed by atoms with Gasteiger partial charge in [-0.2, -0.15) is 0 Å². The molecule has 4 rings (SSSR count). The predicted molar refractivity (Wildman–Crippen MR) is 107 cm³/mol. The van der Waals surface area contributed by atoms with Gasteiger partial charge in [-0.15, -0.1) is 6.58 Å². The molecular formula is C21H28ClN3O2. The van der Waals surface area contributed by atoms with E-state index in [2.05, 4.69) is 21.7 Å². The van der Waals surface area contributed by atoms with Crippen LogP contribution in [0.1, 0.15) is 30.9 Å². The van der Waals surface area contributed by atoms with Crippen molar-refractivity contribution in [1.29, 1.82) is 0 Å². The Labute approximate surface area is 166 Å². The first-order valence-electron chi connectivity index (χ1n) is 9.90. The number of hydrogen-bond donors (Lipinski definition) is 1. The lowest BCUT2D eigenvalue weighted by Gasteiger charge is -2.35. The molecule has 3 fully saturated rings. The van der Waals surface area contributed by atoms with Crippen molar-refractivity contribution < 1.29 is 9.53 Å². The second-order valence-electron chi connectivity index (χ2n) is 7.86. The van der Waals surface area contributed by atoms with Crippen LogP contribution in [0.2, 0.25) is 5.02 Å². The smallest absolute Gasteiger partial charge is 0.237 e. The molecule has 1 aromatic rings. The Morgan fingerprint density at radius 1 is 1.33 bits per heavy atom. The second kappa shape index (κ2) is 8.31. The Bertz CT molecular complexity index is 681.